The Morgan fingerprint density at radius 2 is 1.85 bits per heavy atom. The van der Waals surface area contributed by atoms with Gasteiger partial charge in [0.25, 0.3) is 5.91 Å². The van der Waals surface area contributed by atoms with E-state index < -0.39 is 23.5 Å². The molecular weight excluding hydrogens is 366 g/mol. The highest BCUT2D eigenvalue weighted by Crippen LogP contribution is 2.40. The Labute approximate surface area is 150 Å². The van der Waals surface area contributed by atoms with Gasteiger partial charge in [0.15, 0.2) is 6.61 Å². The smallest absolute Gasteiger partial charge is 0.420 e. The molecule has 0 aliphatic carbocycles. The molecule has 3 aromatic rings. The Morgan fingerprint density at radius 1 is 1.11 bits per heavy atom. The first-order chi connectivity index (χ1) is 12.8. The number of carbonyl (C=O) groups is 1. The van der Waals surface area contributed by atoms with Gasteiger partial charge in [-0.1, -0.05) is 0 Å². The summed E-state index contributed by atoms with van der Waals surface area (Å²) in [5.74, 6) is -0.556. The molecule has 0 radical (unpaired) electrons. The molecule has 0 fully saturated rings. The molecule has 1 amide bonds. The van der Waals surface area contributed by atoms with E-state index in [4.69, 9.17) is 4.74 Å². The van der Waals surface area contributed by atoms with Crippen molar-refractivity contribution in [1.82, 2.24) is 9.78 Å². The van der Waals surface area contributed by atoms with Crippen LogP contribution in [-0.2, 0) is 11.0 Å². The molecule has 1 N–H and O–H groups in total. The largest absolute Gasteiger partial charge is 0.482 e. The molecule has 27 heavy (non-hydrogen) atoms. The highest BCUT2D eigenvalue weighted by Gasteiger charge is 2.37. The van der Waals surface area contributed by atoms with Crippen molar-refractivity contribution < 1.29 is 27.1 Å². The van der Waals surface area contributed by atoms with Gasteiger partial charge in [0.05, 0.1) is 23.3 Å². The van der Waals surface area contributed by atoms with E-state index in [1.54, 1.807) is 0 Å². The van der Waals surface area contributed by atoms with E-state index in [1.165, 1.54) is 30.3 Å². The summed E-state index contributed by atoms with van der Waals surface area (Å²) in [7, 11) is 0. The lowest BCUT2D eigenvalue weighted by molar-refractivity contribution is -0.137. The summed E-state index contributed by atoms with van der Waals surface area (Å²) < 4.78 is 60.1. The van der Waals surface area contributed by atoms with Crippen LogP contribution < -0.4 is 10.1 Å². The number of anilines is 1. The molecule has 1 aromatic heterocycles. The van der Waals surface area contributed by atoms with E-state index in [0.717, 1.165) is 16.8 Å². The van der Waals surface area contributed by atoms with Crippen molar-refractivity contribution in [3.63, 3.8) is 0 Å². The fourth-order valence-electron chi connectivity index (χ4n) is 2.84. The number of amides is 1. The van der Waals surface area contributed by atoms with Crippen LogP contribution in [-0.4, -0.2) is 22.3 Å². The number of nitrogens with zero attached hydrogens (tertiary/aromatic N) is 2. The van der Waals surface area contributed by atoms with Gasteiger partial charge in [-0.15, -0.1) is 0 Å². The van der Waals surface area contributed by atoms with Crippen LogP contribution in [0.1, 0.15) is 5.56 Å². The van der Waals surface area contributed by atoms with Crippen LogP contribution in [0.5, 0.6) is 5.75 Å². The third-order valence-electron chi connectivity index (χ3n) is 4.03. The summed E-state index contributed by atoms with van der Waals surface area (Å²) in [4.78, 5) is 11.5. The van der Waals surface area contributed by atoms with Crippen LogP contribution in [0.15, 0.2) is 48.7 Å². The molecule has 2 heterocycles. The maximum Gasteiger partial charge on any atom is 0.420 e. The number of hydrogen-bond acceptors (Lipinski definition) is 3. The molecule has 0 atom stereocenters. The van der Waals surface area contributed by atoms with E-state index in [-0.39, 0.29) is 29.2 Å². The first-order valence-corrected chi connectivity index (χ1v) is 7.81. The Morgan fingerprint density at radius 3 is 2.56 bits per heavy atom. The molecule has 9 heteroatoms. The molecule has 2 aromatic carbocycles. The Hall–Kier alpha value is -3.36. The van der Waals surface area contributed by atoms with Gasteiger partial charge < -0.3 is 10.1 Å². The van der Waals surface area contributed by atoms with Crippen molar-refractivity contribution in [2.24, 2.45) is 0 Å². The van der Waals surface area contributed by atoms with Crippen LogP contribution in [0.4, 0.5) is 23.2 Å². The topological polar surface area (TPSA) is 56.1 Å². The van der Waals surface area contributed by atoms with Crippen LogP contribution in [0.3, 0.4) is 0 Å². The average molecular weight is 377 g/mol. The minimum atomic E-state index is -4.65. The van der Waals surface area contributed by atoms with Crippen molar-refractivity contribution in [2.75, 3.05) is 11.9 Å². The van der Waals surface area contributed by atoms with Crippen molar-refractivity contribution in [3.8, 4) is 22.7 Å². The van der Waals surface area contributed by atoms with E-state index in [9.17, 15) is 22.4 Å². The van der Waals surface area contributed by atoms with E-state index in [2.05, 4.69) is 10.4 Å². The van der Waals surface area contributed by atoms with Crippen LogP contribution in [0, 0.1) is 5.82 Å². The number of carbonyl (C=O) groups excluding carboxylic acids is 1. The lowest BCUT2D eigenvalue weighted by Gasteiger charge is -2.19. The van der Waals surface area contributed by atoms with Gasteiger partial charge in [-0.3, -0.25) is 4.79 Å². The van der Waals surface area contributed by atoms with Crippen LogP contribution >= 0.6 is 0 Å². The van der Waals surface area contributed by atoms with Gasteiger partial charge in [0, 0.05) is 5.56 Å². The third-order valence-corrected chi connectivity index (χ3v) is 4.03. The zero-order valence-corrected chi connectivity index (χ0v) is 13.5. The molecule has 0 saturated carbocycles. The lowest BCUT2D eigenvalue weighted by Crippen LogP contribution is -2.25. The number of nitrogens with one attached hydrogen (secondary N) is 1. The van der Waals surface area contributed by atoms with Gasteiger partial charge in [0.1, 0.15) is 17.1 Å². The summed E-state index contributed by atoms with van der Waals surface area (Å²) >= 11 is 0. The second-order valence-corrected chi connectivity index (χ2v) is 5.84. The number of ether oxygens (including phenoxy) is 1. The number of rotatable bonds is 2. The summed E-state index contributed by atoms with van der Waals surface area (Å²) in [5.41, 5.74) is -0.469. The normalized spacial score (nSPS) is 13.7. The van der Waals surface area contributed by atoms with Crippen LogP contribution in [0.25, 0.3) is 16.9 Å². The van der Waals surface area contributed by atoms with Crippen LogP contribution in [0.2, 0.25) is 0 Å². The van der Waals surface area contributed by atoms with Gasteiger partial charge >= 0.3 is 6.18 Å². The Kier molecular flexibility index (Phi) is 3.87. The first kappa shape index (κ1) is 17.1. The monoisotopic (exact) mass is 377 g/mol. The average Bonchev–Trinajstić information content (AvgIpc) is 3.07. The fraction of sp³-hybridized carbons (Fsp3) is 0.111. The second kappa shape index (κ2) is 6.11. The maximum atomic E-state index is 13.5. The van der Waals surface area contributed by atoms with Crippen molar-refractivity contribution in [1.29, 1.82) is 0 Å². The molecule has 4 rings (SSSR count). The lowest BCUT2D eigenvalue weighted by atomic mass is 10.1. The zero-order chi connectivity index (χ0) is 19.2. The van der Waals surface area contributed by atoms with E-state index in [1.807, 2.05) is 0 Å². The van der Waals surface area contributed by atoms with Crippen molar-refractivity contribution in [3.05, 3.63) is 60.0 Å². The summed E-state index contributed by atoms with van der Waals surface area (Å²) in [5, 5.41) is 6.40. The fourth-order valence-corrected chi connectivity index (χ4v) is 2.84. The number of alkyl halides is 3. The molecule has 138 valence electrons. The first-order valence-electron chi connectivity index (χ1n) is 7.81. The van der Waals surface area contributed by atoms with Gasteiger partial charge in [-0.2, -0.15) is 18.3 Å². The molecule has 1 aliphatic heterocycles. The second-order valence-electron chi connectivity index (χ2n) is 5.84. The minimum absolute atomic E-state index is 0.159. The standard InChI is InChI=1S/C18H11F4N3O2/c19-11-2-4-12(5-3-11)25-17(13(8-23-25)18(20,21)22)10-1-6-15-14(7-10)24-16(26)9-27-15/h1-8H,9H2,(H,24,26). The molecule has 0 saturated heterocycles. The molecular formula is C18H11F4N3O2. The number of fused-ring (bicyclic) bond motifs is 1. The van der Waals surface area contributed by atoms with Gasteiger partial charge in [-0.25, -0.2) is 9.07 Å². The quantitative estimate of drug-likeness (QED) is 0.686. The Balaban J connectivity index is 1.90. The number of halogens is 4. The summed E-state index contributed by atoms with van der Waals surface area (Å²) in [6, 6.07) is 9.24. The number of hydrogen-bond donors (Lipinski definition) is 1. The summed E-state index contributed by atoms with van der Waals surface area (Å²) in [6.45, 7) is -0.159. The molecule has 0 spiro atoms. The minimum Gasteiger partial charge on any atom is -0.482 e. The van der Waals surface area contributed by atoms with Gasteiger partial charge in [-0.05, 0) is 42.5 Å². The van der Waals surface area contributed by atoms with Crippen molar-refractivity contribution >= 4 is 11.6 Å². The third kappa shape index (κ3) is 3.12. The number of benzene rings is 2. The highest BCUT2D eigenvalue weighted by atomic mass is 19.4. The SMILES string of the molecule is O=C1COc2ccc(-c3c(C(F)(F)F)cnn3-c3ccc(F)cc3)cc2N1. The van der Waals surface area contributed by atoms with E-state index in [0.29, 0.717) is 11.9 Å². The predicted molar refractivity (Wildman–Crippen MR) is 88.1 cm³/mol. The number of aromatic nitrogens is 2. The molecule has 0 bridgehead atoms. The van der Waals surface area contributed by atoms with E-state index >= 15 is 0 Å². The molecule has 5 nitrogen and oxygen atoms in total. The molecule has 0 unspecified atom stereocenters. The Bertz CT molecular complexity index is 1030. The predicted octanol–water partition coefficient (Wildman–Crippen LogP) is 4.03. The van der Waals surface area contributed by atoms with Gasteiger partial charge in [0.2, 0.25) is 0 Å². The highest BCUT2D eigenvalue weighted by molar-refractivity contribution is 5.96. The molecule has 1 aliphatic rings. The maximum absolute atomic E-state index is 13.5. The van der Waals surface area contributed by atoms with Crippen molar-refractivity contribution in [2.45, 2.75) is 6.18 Å². The summed E-state index contributed by atoms with van der Waals surface area (Å²) in [6.07, 6.45) is -3.93. The zero-order valence-electron chi connectivity index (χ0n) is 13.5.